The number of carbonyl (C=O) groups is 2. The minimum Gasteiger partial charge on any atom is -0.496 e. The number of carbonyl (C=O) groups excluding carboxylic acids is 2. The van der Waals surface area contributed by atoms with Crippen LogP contribution in [0.2, 0.25) is 0 Å². The Morgan fingerprint density at radius 3 is 2.52 bits per heavy atom. The van der Waals surface area contributed by atoms with Crippen molar-refractivity contribution >= 4 is 27.7 Å². The van der Waals surface area contributed by atoms with Crippen molar-refractivity contribution in [2.24, 2.45) is 0 Å². The predicted molar refractivity (Wildman–Crippen MR) is 81.3 cm³/mol. The van der Waals surface area contributed by atoms with Crippen LogP contribution in [0.3, 0.4) is 0 Å². The molecule has 0 saturated heterocycles. The van der Waals surface area contributed by atoms with Crippen LogP contribution in [-0.2, 0) is 6.54 Å². The van der Waals surface area contributed by atoms with Crippen LogP contribution in [0.25, 0.3) is 0 Å². The van der Waals surface area contributed by atoms with Gasteiger partial charge in [-0.05, 0) is 24.3 Å². The van der Waals surface area contributed by atoms with Crippen molar-refractivity contribution in [2.75, 3.05) is 7.11 Å². The summed E-state index contributed by atoms with van der Waals surface area (Å²) in [4.78, 5) is 26.0. The number of fused-ring (bicyclic) bond motifs is 1. The highest BCUT2D eigenvalue weighted by molar-refractivity contribution is 9.10. The largest absolute Gasteiger partial charge is 0.496 e. The SMILES string of the molecule is COc1ccccc1CN1C(=O)c2ccc(Br)cc2C1=O. The van der Waals surface area contributed by atoms with E-state index in [1.54, 1.807) is 25.3 Å². The Balaban J connectivity index is 1.95. The van der Waals surface area contributed by atoms with Gasteiger partial charge in [0, 0.05) is 10.0 Å². The molecule has 2 aromatic rings. The van der Waals surface area contributed by atoms with E-state index in [-0.39, 0.29) is 18.4 Å². The molecular formula is C16H12BrNO3. The average Bonchev–Trinajstić information content (AvgIpc) is 2.72. The standard InChI is InChI=1S/C16H12BrNO3/c1-21-14-5-3-2-4-10(14)9-18-15(19)12-7-6-11(17)8-13(12)16(18)20/h2-8H,9H2,1H3. The fraction of sp³-hybridized carbons (Fsp3) is 0.125. The molecule has 0 saturated carbocycles. The molecular weight excluding hydrogens is 334 g/mol. The first-order valence-corrected chi connectivity index (χ1v) is 7.18. The zero-order chi connectivity index (χ0) is 15.0. The Morgan fingerprint density at radius 2 is 1.76 bits per heavy atom. The number of amides is 2. The molecule has 1 aliphatic heterocycles. The first-order valence-electron chi connectivity index (χ1n) is 6.39. The second-order valence-corrected chi connectivity index (χ2v) is 5.61. The van der Waals surface area contributed by atoms with Gasteiger partial charge in [-0.1, -0.05) is 34.1 Å². The molecule has 0 atom stereocenters. The van der Waals surface area contributed by atoms with Crippen molar-refractivity contribution in [2.45, 2.75) is 6.54 Å². The third kappa shape index (κ3) is 2.34. The third-order valence-electron chi connectivity index (χ3n) is 3.45. The van der Waals surface area contributed by atoms with Gasteiger partial charge >= 0.3 is 0 Å². The summed E-state index contributed by atoms with van der Waals surface area (Å²) in [7, 11) is 1.57. The molecule has 2 amide bonds. The maximum atomic E-state index is 12.4. The fourth-order valence-electron chi connectivity index (χ4n) is 2.41. The molecule has 5 heteroatoms. The number of halogens is 1. The lowest BCUT2D eigenvalue weighted by Gasteiger charge is -2.15. The van der Waals surface area contributed by atoms with E-state index in [0.717, 1.165) is 10.0 Å². The number of benzene rings is 2. The van der Waals surface area contributed by atoms with Gasteiger partial charge < -0.3 is 4.74 Å². The number of para-hydroxylation sites is 1. The van der Waals surface area contributed by atoms with Crippen LogP contribution in [0.1, 0.15) is 26.3 Å². The van der Waals surface area contributed by atoms with Gasteiger partial charge in [-0.25, -0.2) is 0 Å². The van der Waals surface area contributed by atoms with Gasteiger partial charge in [-0.3, -0.25) is 14.5 Å². The molecule has 0 fully saturated rings. The fourth-order valence-corrected chi connectivity index (χ4v) is 2.77. The summed E-state index contributed by atoms with van der Waals surface area (Å²) in [5.41, 5.74) is 1.68. The van der Waals surface area contributed by atoms with Crippen LogP contribution >= 0.6 is 15.9 Å². The van der Waals surface area contributed by atoms with Crippen LogP contribution in [0.5, 0.6) is 5.75 Å². The van der Waals surface area contributed by atoms with Gasteiger partial charge in [0.2, 0.25) is 0 Å². The number of imide groups is 1. The molecule has 0 aliphatic carbocycles. The molecule has 0 bridgehead atoms. The van der Waals surface area contributed by atoms with Crippen LogP contribution in [0, 0.1) is 0 Å². The first kappa shape index (κ1) is 13.8. The van der Waals surface area contributed by atoms with E-state index < -0.39 is 0 Å². The minimum atomic E-state index is -0.276. The van der Waals surface area contributed by atoms with Crippen LogP contribution in [0.15, 0.2) is 46.9 Å². The zero-order valence-corrected chi connectivity index (χ0v) is 12.9. The molecule has 1 heterocycles. The van der Waals surface area contributed by atoms with Crippen LogP contribution < -0.4 is 4.74 Å². The molecule has 3 rings (SSSR count). The predicted octanol–water partition coefficient (Wildman–Crippen LogP) is 3.25. The van der Waals surface area contributed by atoms with E-state index in [9.17, 15) is 9.59 Å². The summed E-state index contributed by atoms with van der Waals surface area (Å²) in [5, 5.41) is 0. The van der Waals surface area contributed by atoms with E-state index in [0.29, 0.717) is 16.9 Å². The van der Waals surface area contributed by atoms with Gasteiger partial charge in [0.15, 0.2) is 0 Å². The Hall–Kier alpha value is -2.14. The van der Waals surface area contributed by atoms with E-state index >= 15 is 0 Å². The second kappa shape index (κ2) is 5.33. The lowest BCUT2D eigenvalue weighted by atomic mass is 10.1. The van der Waals surface area contributed by atoms with E-state index in [1.165, 1.54) is 4.90 Å². The molecule has 0 radical (unpaired) electrons. The molecule has 2 aromatic carbocycles. The van der Waals surface area contributed by atoms with E-state index in [1.807, 2.05) is 24.3 Å². The van der Waals surface area contributed by atoms with Crippen molar-refractivity contribution in [3.8, 4) is 5.75 Å². The Kier molecular flexibility index (Phi) is 3.51. The lowest BCUT2D eigenvalue weighted by molar-refractivity contribution is 0.0641. The molecule has 0 spiro atoms. The van der Waals surface area contributed by atoms with Crippen molar-refractivity contribution in [1.29, 1.82) is 0 Å². The van der Waals surface area contributed by atoms with Gasteiger partial charge in [-0.2, -0.15) is 0 Å². The molecule has 0 unspecified atom stereocenters. The Bertz CT molecular complexity index is 742. The third-order valence-corrected chi connectivity index (χ3v) is 3.95. The molecule has 1 aliphatic rings. The highest BCUT2D eigenvalue weighted by atomic mass is 79.9. The average molecular weight is 346 g/mol. The maximum Gasteiger partial charge on any atom is 0.261 e. The van der Waals surface area contributed by atoms with Crippen molar-refractivity contribution in [3.05, 3.63) is 63.6 Å². The number of hydrogen-bond donors (Lipinski definition) is 0. The quantitative estimate of drug-likeness (QED) is 0.802. The van der Waals surface area contributed by atoms with Crippen molar-refractivity contribution in [1.82, 2.24) is 4.90 Å². The monoisotopic (exact) mass is 345 g/mol. The summed E-state index contributed by atoms with van der Waals surface area (Å²) in [5.74, 6) is 0.117. The Morgan fingerprint density at radius 1 is 1.05 bits per heavy atom. The molecule has 21 heavy (non-hydrogen) atoms. The topological polar surface area (TPSA) is 46.6 Å². The maximum absolute atomic E-state index is 12.4. The summed E-state index contributed by atoms with van der Waals surface area (Å²) in [6.45, 7) is 0.202. The number of rotatable bonds is 3. The smallest absolute Gasteiger partial charge is 0.261 e. The van der Waals surface area contributed by atoms with Crippen LogP contribution in [0.4, 0.5) is 0 Å². The molecule has 0 N–H and O–H groups in total. The molecule has 106 valence electrons. The van der Waals surface area contributed by atoms with Gasteiger partial charge in [-0.15, -0.1) is 0 Å². The highest BCUT2D eigenvalue weighted by Gasteiger charge is 2.35. The van der Waals surface area contributed by atoms with Crippen molar-refractivity contribution in [3.63, 3.8) is 0 Å². The lowest BCUT2D eigenvalue weighted by Crippen LogP contribution is -2.29. The van der Waals surface area contributed by atoms with E-state index in [4.69, 9.17) is 4.74 Å². The number of nitrogens with zero attached hydrogens (tertiary/aromatic N) is 1. The number of hydrogen-bond acceptors (Lipinski definition) is 3. The normalized spacial score (nSPS) is 13.5. The van der Waals surface area contributed by atoms with Gasteiger partial charge in [0.25, 0.3) is 11.8 Å². The number of methoxy groups -OCH3 is 1. The summed E-state index contributed by atoms with van der Waals surface area (Å²) in [6.07, 6.45) is 0. The minimum absolute atomic E-state index is 0.202. The van der Waals surface area contributed by atoms with Crippen molar-refractivity contribution < 1.29 is 14.3 Å². The first-order chi connectivity index (χ1) is 10.1. The van der Waals surface area contributed by atoms with Crippen LogP contribution in [-0.4, -0.2) is 23.8 Å². The summed E-state index contributed by atoms with van der Waals surface area (Å²) < 4.78 is 6.04. The van der Waals surface area contributed by atoms with E-state index in [2.05, 4.69) is 15.9 Å². The highest BCUT2D eigenvalue weighted by Crippen LogP contribution is 2.29. The zero-order valence-electron chi connectivity index (χ0n) is 11.3. The summed E-state index contributed by atoms with van der Waals surface area (Å²) >= 11 is 3.32. The Labute approximate surface area is 130 Å². The number of ether oxygens (including phenoxy) is 1. The van der Waals surface area contributed by atoms with Gasteiger partial charge in [0.05, 0.1) is 24.8 Å². The molecule has 0 aromatic heterocycles. The molecule has 4 nitrogen and oxygen atoms in total. The summed E-state index contributed by atoms with van der Waals surface area (Å²) in [6, 6.07) is 12.5. The second-order valence-electron chi connectivity index (χ2n) is 4.70. The van der Waals surface area contributed by atoms with Gasteiger partial charge in [0.1, 0.15) is 5.75 Å².